The number of para-hydroxylation sites is 1. The van der Waals surface area contributed by atoms with Crippen LogP contribution in [0.1, 0.15) is 16.7 Å². The second kappa shape index (κ2) is 7.65. The third-order valence-corrected chi connectivity index (χ3v) is 5.35. The molecule has 3 aromatic carbocycles. The van der Waals surface area contributed by atoms with E-state index in [4.69, 9.17) is 11.6 Å². The average molecular weight is 412 g/mol. The van der Waals surface area contributed by atoms with Crippen LogP contribution in [0.4, 0.5) is 5.69 Å². The number of fused-ring (bicyclic) bond motifs is 2. The predicted octanol–water partition coefficient (Wildman–Crippen LogP) is 5.61. The van der Waals surface area contributed by atoms with Crippen LogP contribution >= 0.6 is 11.6 Å². The zero-order chi connectivity index (χ0) is 20.5. The summed E-state index contributed by atoms with van der Waals surface area (Å²) in [6, 6.07) is 27.6. The number of nitrogens with zero attached hydrogens (tertiary/aromatic N) is 3. The lowest BCUT2D eigenvalue weighted by atomic mass is 10.0. The van der Waals surface area contributed by atoms with Crippen LogP contribution in [0.5, 0.6) is 0 Å². The topological polar surface area (TPSA) is 35.9 Å². The summed E-state index contributed by atoms with van der Waals surface area (Å²) in [6.07, 6.45) is 3.71. The van der Waals surface area contributed by atoms with Gasteiger partial charge in [-0.05, 0) is 23.3 Å². The van der Waals surface area contributed by atoms with Crippen LogP contribution < -0.4 is 0 Å². The van der Waals surface area contributed by atoms with E-state index >= 15 is 0 Å². The number of aliphatic imine (C=N–C) groups is 1. The second-order valence-corrected chi connectivity index (χ2v) is 7.49. The molecule has 0 spiro atoms. The molecular formula is C25H18ClN3O. The van der Waals surface area contributed by atoms with Crippen molar-refractivity contribution in [2.75, 3.05) is 0 Å². The van der Waals surface area contributed by atoms with Gasteiger partial charge in [-0.15, -0.1) is 0 Å². The SMILES string of the molecule is O=C1C2=Nc3ccccc3/C(=C\c3ccccc3)N2C(Cl)=CN1Cc1ccccc1. The number of halogens is 1. The summed E-state index contributed by atoms with van der Waals surface area (Å²) < 4.78 is 0. The number of amidine groups is 1. The van der Waals surface area contributed by atoms with E-state index in [-0.39, 0.29) is 5.91 Å². The highest BCUT2D eigenvalue weighted by Crippen LogP contribution is 2.40. The lowest BCUT2D eigenvalue weighted by Gasteiger charge is -2.37. The summed E-state index contributed by atoms with van der Waals surface area (Å²) in [4.78, 5) is 21.4. The van der Waals surface area contributed by atoms with Gasteiger partial charge in [0.05, 0.1) is 17.9 Å². The molecule has 0 aromatic heterocycles. The monoisotopic (exact) mass is 411 g/mol. The van der Waals surface area contributed by atoms with Crippen LogP contribution in [0.15, 0.2) is 101 Å². The summed E-state index contributed by atoms with van der Waals surface area (Å²) in [5.41, 5.74) is 4.56. The average Bonchev–Trinajstić information content (AvgIpc) is 2.78. The summed E-state index contributed by atoms with van der Waals surface area (Å²) in [6.45, 7) is 0.433. The van der Waals surface area contributed by atoms with Gasteiger partial charge >= 0.3 is 0 Å². The minimum atomic E-state index is -0.184. The Morgan fingerprint density at radius 1 is 0.867 bits per heavy atom. The van der Waals surface area contributed by atoms with Gasteiger partial charge < -0.3 is 4.90 Å². The molecule has 1 amide bonds. The molecule has 146 valence electrons. The standard InChI is InChI=1S/C25H18ClN3O/c26-23-17-28(16-19-11-5-2-6-12-19)25(30)24-27-21-14-8-7-13-20(21)22(29(23)24)15-18-9-3-1-4-10-18/h1-15,17H,16H2/b22-15+. The third kappa shape index (κ3) is 3.31. The smallest absolute Gasteiger partial charge is 0.294 e. The molecule has 0 aliphatic carbocycles. The fraction of sp³-hybridized carbons (Fsp3) is 0.0400. The predicted molar refractivity (Wildman–Crippen MR) is 121 cm³/mol. The molecule has 2 aliphatic rings. The zero-order valence-corrected chi connectivity index (χ0v) is 16.8. The maximum absolute atomic E-state index is 13.3. The van der Waals surface area contributed by atoms with Crippen LogP contribution in [0.25, 0.3) is 11.8 Å². The number of hydrogen-bond acceptors (Lipinski definition) is 3. The number of rotatable bonds is 3. The van der Waals surface area contributed by atoms with Gasteiger partial charge in [-0.1, -0.05) is 90.5 Å². The van der Waals surface area contributed by atoms with E-state index in [9.17, 15) is 4.79 Å². The molecule has 2 aliphatic heterocycles. The summed E-state index contributed by atoms with van der Waals surface area (Å²) in [7, 11) is 0. The van der Waals surface area contributed by atoms with Crippen molar-refractivity contribution in [3.05, 3.63) is 113 Å². The first kappa shape index (κ1) is 18.4. The van der Waals surface area contributed by atoms with Gasteiger partial charge in [0.15, 0.2) is 0 Å². The van der Waals surface area contributed by atoms with E-state index in [1.807, 2.05) is 91.0 Å². The summed E-state index contributed by atoms with van der Waals surface area (Å²) in [5.74, 6) is 0.121. The Morgan fingerprint density at radius 2 is 1.53 bits per heavy atom. The Hall–Kier alpha value is -3.63. The zero-order valence-electron chi connectivity index (χ0n) is 16.1. The largest absolute Gasteiger partial charge is 0.305 e. The van der Waals surface area contributed by atoms with Crippen molar-refractivity contribution >= 4 is 40.8 Å². The van der Waals surface area contributed by atoms with Gasteiger partial charge in [-0.3, -0.25) is 9.69 Å². The number of carbonyl (C=O) groups excluding carboxylic acids is 1. The first-order chi connectivity index (χ1) is 14.7. The first-order valence-electron chi connectivity index (χ1n) is 9.68. The summed E-state index contributed by atoms with van der Waals surface area (Å²) in [5, 5.41) is 0.431. The number of benzene rings is 3. The molecule has 2 heterocycles. The van der Waals surface area contributed by atoms with E-state index < -0.39 is 0 Å². The molecule has 0 fully saturated rings. The minimum Gasteiger partial charge on any atom is -0.305 e. The number of hydrogen-bond donors (Lipinski definition) is 0. The van der Waals surface area contributed by atoms with Gasteiger partial charge in [-0.2, -0.15) is 0 Å². The van der Waals surface area contributed by atoms with Crippen LogP contribution in [0, 0.1) is 0 Å². The lowest BCUT2D eigenvalue weighted by molar-refractivity contribution is -0.123. The molecule has 3 aromatic rings. The van der Waals surface area contributed by atoms with Crippen molar-refractivity contribution in [2.45, 2.75) is 6.54 Å². The van der Waals surface area contributed by atoms with E-state index in [1.165, 1.54) is 0 Å². The molecule has 4 nitrogen and oxygen atoms in total. The van der Waals surface area contributed by atoms with Crippen molar-refractivity contribution in [1.82, 2.24) is 9.80 Å². The van der Waals surface area contributed by atoms with Crippen LogP contribution in [0.3, 0.4) is 0 Å². The van der Waals surface area contributed by atoms with Gasteiger partial charge in [0.2, 0.25) is 5.84 Å². The number of amides is 1. The highest BCUT2D eigenvalue weighted by Gasteiger charge is 2.37. The molecular weight excluding hydrogens is 394 g/mol. The molecule has 5 heteroatoms. The molecule has 0 radical (unpaired) electrons. The van der Waals surface area contributed by atoms with Gasteiger partial charge in [0.1, 0.15) is 5.16 Å². The minimum absolute atomic E-state index is 0.184. The normalized spacial score (nSPS) is 16.7. The fourth-order valence-corrected chi connectivity index (χ4v) is 3.96. The van der Waals surface area contributed by atoms with E-state index in [0.717, 1.165) is 28.1 Å². The molecule has 30 heavy (non-hydrogen) atoms. The van der Waals surface area contributed by atoms with Crippen LogP contribution in [-0.2, 0) is 11.3 Å². The van der Waals surface area contributed by atoms with Crippen molar-refractivity contribution in [2.24, 2.45) is 4.99 Å². The Kier molecular flexibility index (Phi) is 4.69. The van der Waals surface area contributed by atoms with E-state index in [2.05, 4.69) is 4.99 Å². The van der Waals surface area contributed by atoms with E-state index in [1.54, 1.807) is 16.0 Å². The maximum Gasteiger partial charge on any atom is 0.294 e. The maximum atomic E-state index is 13.3. The molecule has 0 atom stereocenters. The second-order valence-electron chi connectivity index (χ2n) is 7.10. The van der Waals surface area contributed by atoms with Crippen molar-refractivity contribution in [3.8, 4) is 0 Å². The molecule has 0 saturated heterocycles. The van der Waals surface area contributed by atoms with Gasteiger partial charge in [0, 0.05) is 11.8 Å². The Labute approximate surface area is 180 Å². The lowest BCUT2D eigenvalue weighted by Crippen LogP contribution is -2.46. The van der Waals surface area contributed by atoms with Crippen LogP contribution in [0.2, 0.25) is 0 Å². The molecule has 5 rings (SSSR count). The van der Waals surface area contributed by atoms with Crippen molar-refractivity contribution < 1.29 is 4.79 Å². The highest BCUT2D eigenvalue weighted by atomic mass is 35.5. The molecule has 0 saturated carbocycles. The molecule has 0 N–H and O–H groups in total. The quantitative estimate of drug-likeness (QED) is 0.525. The van der Waals surface area contributed by atoms with E-state index in [0.29, 0.717) is 17.5 Å². The molecule has 0 bridgehead atoms. The fourth-order valence-electron chi connectivity index (χ4n) is 3.67. The Morgan fingerprint density at radius 3 is 2.30 bits per heavy atom. The van der Waals surface area contributed by atoms with Crippen molar-refractivity contribution in [1.29, 1.82) is 0 Å². The van der Waals surface area contributed by atoms with Gasteiger partial charge in [-0.25, -0.2) is 4.99 Å². The highest BCUT2D eigenvalue weighted by molar-refractivity contribution is 6.45. The van der Waals surface area contributed by atoms with Crippen LogP contribution in [-0.4, -0.2) is 21.5 Å². The third-order valence-electron chi connectivity index (χ3n) is 5.09. The Bertz CT molecular complexity index is 1200. The Balaban J connectivity index is 1.62. The first-order valence-corrected chi connectivity index (χ1v) is 10.1. The molecule has 0 unspecified atom stereocenters. The van der Waals surface area contributed by atoms with Crippen molar-refractivity contribution in [3.63, 3.8) is 0 Å². The summed E-state index contributed by atoms with van der Waals surface area (Å²) >= 11 is 6.72. The number of carbonyl (C=O) groups is 1. The van der Waals surface area contributed by atoms with Gasteiger partial charge in [0.25, 0.3) is 5.91 Å².